The molecule has 16 heteroatoms. The first-order valence-corrected chi connectivity index (χ1v) is 18.1. The van der Waals surface area contributed by atoms with Crippen LogP contribution in [0, 0.1) is 11.8 Å². The molecule has 1 aromatic carbocycles. The van der Waals surface area contributed by atoms with Gasteiger partial charge in [0.1, 0.15) is 17.7 Å². The number of amides is 6. The van der Waals surface area contributed by atoms with Gasteiger partial charge in [0, 0.05) is 6.54 Å². The molecular weight excluding hydrogens is 694 g/mol. The predicted molar refractivity (Wildman–Crippen MR) is 194 cm³/mol. The number of hydrogen-bond acceptors (Lipinski definition) is 8. The van der Waals surface area contributed by atoms with Crippen LogP contribution in [0.1, 0.15) is 105 Å². The average molecular weight is 753 g/mol. The van der Waals surface area contributed by atoms with Gasteiger partial charge >= 0.3 is 6.09 Å². The molecule has 2 fully saturated rings. The highest BCUT2D eigenvalue weighted by Gasteiger charge is 2.42. The lowest BCUT2D eigenvalue weighted by molar-refractivity contribution is -0.143. The summed E-state index contributed by atoms with van der Waals surface area (Å²) in [7, 11) is 0. The SMILES string of the molecule is CCCC(C)(C)OC(=O)NC(C(=O)N1CCCC1C(=O)NC(CC1CC1)C(=O)C(=O)NCC(=O)NC(C)c1ccccc1)C(C)CC.FCF.NC=O. The van der Waals surface area contributed by atoms with Crippen LogP contribution in [0.2, 0.25) is 0 Å². The molecule has 0 radical (unpaired) electrons. The Morgan fingerprint density at radius 3 is 2.15 bits per heavy atom. The number of likely N-dealkylation sites (tertiary alicyclic amines) is 1. The zero-order valence-corrected chi connectivity index (χ0v) is 31.8. The highest BCUT2D eigenvalue weighted by atomic mass is 19.3. The Balaban J connectivity index is 0.00000219. The van der Waals surface area contributed by atoms with E-state index in [2.05, 4.69) is 27.0 Å². The fraction of sp³-hybridized carbons (Fsp3) is 0.649. The number of alkyl halides is 2. The summed E-state index contributed by atoms with van der Waals surface area (Å²) >= 11 is 0. The van der Waals surface area contributed by atoms with Gasteiger partial charge in [0.2, 0.25) is 36.8 Å². The zero-order chi connectivity index (χ0) is 40.1. The van der Waals surface area contributed by atoms with Crippen LogP contribution < -0.4 is 27.0 Å². The van der Waals surface area contributed by atoms with Crippen molar-refractivity contribution in [1.29, 1.82) is 0 Å². The second kappa shape index (κ2) is 23.8. The number of carbonyl (C=O) groups is 7. The normalized spacial score (nSPS) is 17.1. The molecule has 0 aromatic heterocycles. The van der Waals surface area contributed by atoms with Gasteiger partial charge < -0.3 is 36.6 Å². The van der Waals surface area contributed by atoms with E-state index in [0.29, 0.717) is 38.6 Å². The Morgan fingerprint density at radius 2 is 1.60 bits per heavy atom. The third-order valence-electron chi connectivity index (χ3n) is 9.02. The number of Topliss-reactive ketones (excluding diaryl/α,β-unsaturated/α-hetero) is 1. The van der Waals surface area contributed by atoms with E-state index in [1.165, 1.54) is 4.90 Å². The van der Waals surface area contributed by atoms with Gasteiger partial charge in [0.15, 0.2) is 0 Å². The lowest BCUT2D eigenvalue weighted by Gasteiger charge is -2.33. The molecule has 1 aliphatic carbocycles. The van der Waals surface area contributed by atoms with Crippen molar-refractivity contribution in [3.05, 3.63) is 35.9 Å². The number of carbonyl (C=O) groups excluding carboxylic acids is 7. The van der Waals surface area contributed by atoms with Crippen molar-refractivity contribution in [2.75, 3.05) is 20.0 Å². The van der Waals surface area contributed by atoms with Gasteiger partial charge in [-0.15, -0.1) is 0 Å². The average Bonchev–Trinajstić information content (AvgIpc) is 3.79. The highest BCUT2D eigenvalue weighted by molar-refractivity contribution is 6.38. The maximum absolute atomic E-state index is 13.8. The Morgan fingerprint density at radius 1 is 1.00 bits per heavy atom. The number of benzene rings is 1. The number of hydrogen-bond donors (Lipinski definition) is 5. The van der Waals surface area contributed by atoms with E-state index in [1.54, 1.807) is 0 Å². The lowest BCUT2D eigenvalue weighted by Crippen LogP contribution is -2.58. The summed E-state index contributed by atoms with van der Waals surface area (Å²) in [5.74, 6) is -3.17. The van der Waals surface area contributed by atoms with Crippen LogP contribution in [0.5, 0.6) is 0 Å². The zero-order valence-electron chi connectivity index (χ0n) is 31.8. The van der Waals surface area contributed by atoms with Crippen LogP contribution in [0.15, 0.2) is 30.3 Å². The molecule has 1 aliphatic heterocycles. The standard InChI is InChI=1S/C35H53N5O7.CH2F2.CH3NO/c1-7-18-35(5,6)47-34(46)39-29(22(3)8-2)33(45)40-19-12-15-27(40)31(43)38-26(20-24-16-17-24)30(42)32(44)36-21-28(41)37-23(4)25-13-10-9-11-14-25;2*2-1-3/h9-11,13-14,22-24,26-27,29H,7-8,12,15-21H2,1-6H3,(H,36,44)(H,37,41)(H,38,43)(H,39,46);1H2;1H,(H2,2,3). The van der Waals surface area contributed by atoms with Crippen molar-refractivity contribution in [1.82, 2.24) is 26.2 Å². The number of nitrogens with zero attached hydrogens (tertiary/aromatic N) is 1. The fourth-order valence-electron chi connectivity index (χ4n) is 5.94. The van der Waals surface area contributed by atoms with E-state index in [4.69, 9.17) is 9.53 Å². The quantitative estimate of drug-likeness (QED) is 0.117. The Kier molecular flexibility index (Phi) is 20.9. The van der Waals surface area contributed by atoms with Crippen LogP contribution in [0.4, 0.5) is 13.6 Å². The summed E-state index contributed by atoms with van der Waals surface area (Å²) in [4.78, 5) is 88.9. The van der Waals surface area contributed by atoms with Gasteiger partial charge in [-0.3, -0.25) is 28.8 Å². The minimum Gasteiger partial charge on any atom is -0.444 e. The molecule has 1 heterocycles. The number of nitrogens with two attached hydrogens (primary N) is 1. The summed E-state index contributed by atoms with van der Waals surface area (Å²) in [6.07, 6.45) is 4.70. The number of ether oxygens (including phenoxy) is 1. The molecule has 53 heavy (non-hydrogen) atoms. The first-order chi connectivity index (χ1) is 25.1. The molecule has 3 rings (SSSR count). The van der Waals surface area contributed by atoms with Crippen molar-refractivity contribution in [3.8, 4) is 0 Å². The van der Waals surface area contributed by atoms with E-state index in [0.717, 1.165) is 24.8 Å². The number of halogens is 2. The number of rotatable bonds is 17. The summed E-state index contributed by atoms with van der Waals surface area (Å²) in [6.45, 7) is 9.40. The lowest BCUT2D eigenvalue weighted by atomic mass is 9.97. The molecule has 2 aliphatic rings. The van der Waals surface area contributed by atoms with Crippen molar-refractivity contribution in [3.63, 3.8) is 0 Å². The first kappa shape index (κ1) is 46.4. The van der Waals surface area contributed by atoms with Gasteiger partial charge in [-0.05, 0) is 63.9 Å². The number of alkyl carbamates (subject to hydrolysis) is 1. The second-order valence-corrected chi connectivity index (χ2v) is 13.8. The largest absolute Gasteiger partial charge is 0.444 e. The Bertz CT molecular complexity index is 1350. The third kappa shape index (κ3) is 16.7. The van der Waals surface area contributed by atoms with E-state index in [9.17, 15) is 37.5 Å². The monoisotopic (exact) mass is 752 g/mol. The maximum atomic E-state index is 13.8. The number of nitrogens with one attached hydrogen (secondary N) is 4. The summed E-state index contributed by atoms with van der Waals surface area (Å²) < 4.78 is 24.9. The smallest absolute Gasteiger partial charge is 0.408 e. The summed E-state index contributed by atoms with van der Waals surface area (Å²) in [5.41, 5.74) is 4.37. The molecule has 0 spiro atoms. The van der Waals surface area contributed by atoms with E-state index in [1.807, 2.05) is 71.9 Å². The molecule has 5 atom stereocenters. The van der Waals surface area contributed by atoms with Gasteiger partial charge in [-0.1, -0.05) is 76.8 Å². The highest BCUT2D eigenvalue weighted by Crippen LogP contribution is 2.34. The molecule has 14 nitrogen and oxygen atoms in total. The van der Waals surface area contributed by atoms with Crippen molar-refractivity contribution >= 4 is 41.9 Å². The van der Waals surface area contributed by atoms with Gasteiger partial charge in [0.25, 0.3) is 5.91 Å². The molecule has 6 N–H and O–H groups in total. The van der Waals surface area contributed by atoms with Crippen LogP contribution in [0.25, 0.3) is 0 Å². The molecule has 5 unspecified atom stereocenters. The Labute approximate surface area is 311 Å². The number of ketones is 1. The Hall–Kier alpha value is -4.63. The topological polar surface area (TPSA) is 206 Å². The summed E-state index contributed by atoms with van der Waals surface area (Å²) in [6, 6.07) is 6.22. The van der Waals surface area contributed by atoms with Gasteiger partial charge in [-0.25, -0.2) is 13.6 Å². The molecule has 6 amide bonds. The maximum Gasteiger partial charge on any atom is 0.408 e. The van der Waals surface area contributed by atoms with Crippen LogP contribution in [-0.2, 0) is 33.5 Å². The molecule has 1 saturated carbocycles. The predicted octanol–water partition coefficient (Wildman–Crippen LogP) is 3.53. The van der Waals surface area contributed by atoms with Crippen LogP contribution in [0.3, 0.4) is 0 Å². The van der Waals surface area contributed by atoms with E-state index < -0.39 is 66.8 Å². The minimum absolute atomic E-state index is 0.204. The fourth-order valence-corrected chi connectivity index (χ4v) is 5.94. The minimum atomic E-state index is -1.75. The first-order valence-electron chi connectivity index (χ1n) is 18.1. The van der Waals surface area contributed by atoms with E-state index in [-0.39, 0.29) is 30.2 Å². The molecule has 1 saturated heterocycles. The van der Waals surface area contributed by atoms with E-state index >= 15 is 0 Å². The van der Waals surface area contributed by atoms with Gasteiger partial charge in [-0.2, -0.15) is 0 Å². The van der Waals surface area contributed by atoms with Crippen molar-refractivity contribution < 1.29 is 47.1 Å². The second-order valence-electron chi connectivity index (χ2n) is 13.8. The van der Waals surface area contributed by atoms with Gasteiger partial charge in [0.05, 0.1) is 18.6 Å². The molecule has 1 aromatic rings. The van der Waals surface area contributed by atoms with Crippen molar-refractivity contribution in [2.45, 2.75) is 123 Å². The molecular formula is C37H58F2N6O8. The summed E-state index contributed by atoms with van der Waals surface area (Å²) in [5, 5.41) is 10.7. The van der Waals surface area contributed by atoms with Crippen molar-refractivity contribution in [2.24, 2.45) is 17.6 Å². The van der Waals surface area contributed by atoms with Crippen LogP contribution in [-0.4, -0.2) is 90.6 Å². The molecule has 0 bridgehead atoms. The number of primary amides is 1. The van der Waals surface area contributed by atoms with Crippen LogP contribution >= 0.6 is 0 Å². The third-order valence-corrected chi connectivity index (χ3v) is 9.02. The molecule has 298 valence electrons.